The van der Waals surface area contributed by atoms with E-state index >= 15 is 0 Å². The van der Waals surface area contributed by atoms with Gasteiger partial charge in [-0.3, -0.25) is 19.3 Å². The number of anilines is 1. The number of thioether (sulfide) groups is 2. The van der Waals surface area contributed by atoms with Crippen molar-refractivity contribution in [3.63, 3.8) is 0 Å². The number of carboxylic acid groups (broad SMARTS) is 1. The van der Waals surface area contributed by atoms with Crippen molar-refractivity contribution in [2.75, 3.05) is 17.2 Å². The number of fused-ring (bicyclic) bond motifs is 1. The van der Waals surface area contributed by atoms with E-state index in [1.807, 2.05) is 36.0 Å². The first kappa shape index (κ1) is 33.6. The van der Waals surface area contributed by atoms with Gasteiger partial charge in [-0.1, -0.05) is 5.16 Å². The summed E-state index contributed by atoms with van der Waals surface area (Å²) >= 11 is 3.87. The molecule has 2 amide bonds. The van der Waals surface area contributed by atoms with Gasteiger partial charge in [0.15, 0.2) is 29.0 Å². The molecule has 2 aliphatic rings. The van der Waals surface area contributed by atoms with Crippen molar-refractivity contribution in [2.24, 2.45) is 0 Å². The topological polar surface area (TPSA) is 230 Å². The molecule has 1 saturated heterocycles. The van der Waals surface area contributed by atoms with Gasteiger partial charge in [-0.25, -0.2) is 9.55 Å². The van der Waals surface area contributed by atoms with Gasteiger partial charge in [0.1, 0.15) is 41.5 Å². The van der Waals surface area contributed by atoms with Gasteiger partial charge in [0.2, 0.25) is 5.43 Å². The number of aryl methyl sites for hydroxylation is 1. The van der Waals surface area contributed by atoms with E-state index in [9.17, 15) is 34.6 Å². The average molecular weight is 726 g/mol. The molecule has 0 spiro atoms. The van der Waals surface area contributed by atoms with E-state index in [1.54, 1.807) is 0 Å². The first-order valence-electron chi connectivity index (χ1n) is 14.5. The number of rotatable bonds is 12. The van der Waals surface area contributed by atoms with Crippen molar-refractivity contribution in [1.82, 2.24) is 25.1 Å². The smallest absolute Gasteiger partial charge is 0.257 e. The second-order valence-corrected chi connectivity index (χ2v) is 13.6. The molecule has 0 aromatic carbocycles. The number of amides is 2. The van der Waals surface area contributed by atoms with Crippen LogP contribution in [0.2, 0.25) is 0 Å². The Morgan fingerprint density at radius 1 is 1.31 bits per heavy atom. The minimum atomic E-state index is -1.47. The van der Waals surface area contributed by atoms with E-state index in [4.69, 9.17) is 15.0 Å². The van der Waals surface area contributed by atoms with Gasteiger partial charge < -0.3 is 40.5 Å². The number of aliphatic carboxylic acids is 1. The van der Waals surface area contributed by atoms with Gasteiger partial charge in [0.05, 0.1) is 29.8 Å². The first-order valence-corrected chi connectivity index (χ1v) is 17.4. The lowest BCUT2D eigenvalue weighted by molar-refractivity contribution is -0.693. The molecule has 2 atom stereocenters. The number of nitrogens with one attached hydrogen (secondary N) is 1. The van der Waals surface area contributed by atoms with Crippen LogP contribution in [0.5, 0.6) is 5.75 Å². The minimum Gasteiger partial charge on any atom is -0.543 e. The number of nitrogens with two attached hydrogens (primary N) is 1. The third-order valence-electron chi connectivity index (χ3n) is 7.47. The Balaban J connectivity index is 1.14. The van der Waals surface area contributed by atoms with Crippen LogP contribution in [0.4, 0.5) is 5.13 Å². The molecule has 0 saturated carbocycles. The van der Waals surface area contributed by atoms with E-state index < -0.39 is 40.4 Å². The maximum atomic E-state index is 13.5. The number of hydrogen-bond donors (Lipinski definition) is 4. The lowest BCUT2D eigenvalue weighted by Gasteiger charge is -2.50. The van der Waals surface area contributed by atoms with Gasteiger partial charge in [-0.2, -0.15) is 4.73 Å². The zero-order valence-corrected chi connectivity index (χ0v) is 27.9. The maximum Gasteiger partial charge on any atom is 0.257 e. The average Bonchev–Trinajstić information content (AvgIpc) is 3.74. The second-order valence-electron chi connectivity index (χ2n) is 10.6. The normalized spacial score (nSPS) is 17.4. The summed E-state index contributed by atoms with van der Waals surface area (Å²) in [5, 5.41) is 39.2. The Morgan fingerprint density at radius 2 is 2.08 bits per heavy atom. The molecule has 49 heavy (non-hydrogen) atoms. The molecule has 0 unspecified atom stereocenters. The molecule has 19 heteroatoms. The second kappa shape index (κ2) is 14.1. The summed E-state index contributed by atoms with van der Waals surface area (Å²) in [5.74, 6) is -2.62. The molecule has 16 nitrogen and oxygen atoms in total. The third-order valence-corrected chi connectivity index (χ3v) is 10.6. The number of aromatic nitrogens is 4. The molecule has 6 heterocycles. The van der Waals surface area contributed by atoms with E-state index in [-0.39, 0.29) is 45.9 Å². The largest absolute Gasteiger partial charge is 0.543 e. The molecule has 0 bridgehead atoms. The molecule has 2 aliphatic heterocycles. The van der Waals surface area contributed by atoms with Crippen LogP contribution in [0.25, 0.3) is 17.0 Å². The lowest BCUT2D eigenvalue weighted by atomic mass is 10.0. The summed E-state index contributed by atoms with van der Waals surface area (Å²) in [6, 6.07) is 5.19. The number of ether oxygens (including phenoxy) is 1. The Morgan fingerprint density at radius 3 is 2.78 bits per heavy atom. The summed E-state index contributed by atoms with van der Waals surface area (Å²) in [6.07, 6.45) is 5.79. The van der Waals surface area contributed by atoms with Gasteiger partial charge in [0.25, 0.3) is 11.8 Å². The molecule has 0 aliphatic carbocycles. The molecule has 254 valence electrons. The van der Waals surface area contributed by atoms with Crippen molar-refractivity contribution in [2.45, 2.75) is 36.4 Å². The van der Waals surface area contributed by atoms with Gasteiger partial charge in [0, 0.05) is 46.0 Å². The number of carboxylic acids is 1. The van der Waals surface area contributed by atoms with E-state index in [1.165, 1.54) is 35.0 Å². The third kappa shape index (κ3) is 6.99. The molecule has 5 N–H and O–H groups in total. The lowest BCUT2D eigenvalue weighted by Crippen LogP contribution is -2.71. The van der Waals surface area contributed by atoms with Crippen LogP contribution in [-0.2, 0) is 32.3 Å². The van der Waals surface area contributed by atoms with E-state index in [2.05, 4.69) is 15.5 Å². The summed E-state index contributed by atoms with van der Waals surface area (Å²) in [5.41, 5.74) is 5.55. The Labute approximate surface area is 289 Å². The number of thiazole rings is 1. The predicted octanol–water partition coefficient (Wildman–Crippen LogP) is 0.546. The molecule has 4 aromatic heterocycles. The fraction of sp³-hybridized carbons (Fsp3) is 0.233. The van der Waals surface area contributed by atoms with Crippen molar-refractivity contribution in [3.05, 3.63) is 87.4 Å². The Kier molecular flexibility index (Phi) is 9.65. The van der Waals surface area contributed by atoms with Crippen LogP contribution in [-0.4, -0.2) is 70.8 Å². The van der Waals surface area contributed by atoms with Gasteiger partial charge >= 0.3 is 0 Å². The maximum absolute atomic E-state index is 13.5. The highest BCUT2D eigenvalue weighted by Crippen LogP contribution is 2.41. The minimum absolute atomic E-state index is 0.0467. The zero-order chi connectivity index (χ0) is 34.8. The van der Waals surface area contributed by atoms with E-state index in [0.29, 0.717) is 21.8 Å². The monoisotopic (exact) mass is 725 g/mol. The standard InChI is InChI=1S/C30H27N7O9S3/c1-2-35-5-3-17(4-6-35)47-12-15-13-48-28-24(27(41)37(28)25(15)29(42)43)33-26(40)18(20-14-49-30(31)32-20)11-45-10-16-7-19(34-46-16)21-8-22(38)23(39)9-36(21)44/h3-9,11,14,24,28,44H,2,10,12-13H2,1H3,(H4-,31,32,33,39,40,42,43)/b18-11-/t24-,28-/m1/s1. The summed E-state index contributed by atoms with van der Waals surface area (Å²) in [7, 11) is 0. The van der Waals surface area contributed by atoms with E-state index in [0.717, 1.165) is 46.2 Å². The first-order chi connectivity index (χ1) is 23.5. The van der Waals surface area contributed by atoms with Gasteiger partial charge in [-0.05, 0) is 12.5 Å². The number of nitrogens with zero attached hydrogens (tertiary/aromatic N) is 5. The summed E-state index contributed by atoms with van der Waals surface area (Å²) < 4.78 is 13.3. The number of carbonyl (C=O) groups is 3. The zero-order valence-electron chi connectivity index (χ0n) is 25.5. The highest BCUT2D eigenvalue weighted by molar-refractivity contribution is 8.01. The van der Waals surface area contributed by atoms with Crippen LogP contribution in [0.3, 0.4) is 0 Å². The SMILES string of the molecule is CC[n+]1ccc(SCC2=C(C(=O)[O-])N3C(=O)[C@@H](NC(=O)/C(=C\OCc4cc(-c5cc(=O)c(O)cn5O)no4)c4csc(N)n4)[C@H]3SC2)cc1. The van der Waals surface area contributed by atoms with Gasteiger partial charge in [-0.15, -0.1) is 34.9 Å². The highest BCUT2D eigenvalue weighted by atomic mass is 32.2. The molecular formula is C30H27N7O9S3. The fourth-order valence-electron chi connectivity index (χ4n) is 4.98. The predicted molar refractivity (Wildman–Crippen MR) is 174 cm³/mol. The van der Waals surface area contributed by atoms with Crippen molar-refractivity contribution < 1.29 is 43.6 Å². The number of pyridine rings is 2. The number of hydrogen-bond acceptors (Lipinski definition) is 15. The number of aromatic hydroxyl groups is 1. The number of carbonyl (C=O) groups excluding carboxylic acids is 3. The fourth-order valence-corrected chi connectivity index (χ4v) is 7.91. The number of β-lactam (4-membered cyclic amide) rings is 1. The molecule has 6 rings (SSSR count). The van der Waals surface area contributed by atoms with Crippen molar-refractivity contribution in [1.29, 1.82) is 0 Å². The summed E-state index contributed by atoms with van der Waals surface area (Å²) in [6.45, 7) is 2.61. The van der Waals surface area contributed by atoms with Crippen LogP contribution in [0, 0.1) is 0 Å². The molecular weight excluding hydrogens is 699 g/mol. The van der Waals surface area contributed by atoms with Crippen LogP contribution >= 0.6 is 34.9 Å². The Hall–Kier alpha value is -5.27. The molecule has 1 fully saturated rings. The Bertz CT molecular complexity index is 2060. The van der Waals surface area contributed by atoms with Crippen molar-refractivity contribution >= 4 is 63.3 Å². The van der Waals surface area contributed by atoms with Crippen LogP contribution in [0.1, 0.15) is 18.4 Å². The highest BCUT2D eigenvalue weighted by Gasteiger charge is 2.53. The molecule has 0 radical (unpaired) electrons. The van der Waals surface area contributed by atoms with Crippen LogP contribution in [0.15, 0.2) is 80.0 Å². The number of nitrogen functional groups attached to an aromatic ring is 1. The quantitative estimate of drug-likeness (QED) is 0.0391. The summed E-state index contributed by atoms with van der Waals surface area (Å²) in [4.78, 5) is 57.1. The van der Waals surface area contributed by atoms with Crippen molar-refractivity contribution in [3.8, 4) is 17.1 Å². The molecule has 4 aromatic rings. The van der Waals surface area contributed by atoms with Crippen LogP contribution < -0.4 is 26.2 Å².